The van der Waals surface area contributed by atoms with E-state index in [1.807, 2.05) is 11.9 Å². The smallest absolute Gasteiger partial charge is 0.189 e. The van der Waals surface area contributed by atoms with Gasteiger partial charge in [0.05, 0.1) is 18.3 Å². The van der Waals surface area contributed by atoms with Crippen molar-refractivity contribution in [2.24, 2.45) is 33.5 Å². The van der Waals surface area contributed by atoms with E-state index in [0.717, 1.165) is 44.2 Å². The van der Waals surface area contributed by atoms with Crippen LogP contribution in [0.25, 0.3) is 0 Å². The van der Waals surface area contributed by atoms with Crippen LogP contribution >= 0.6 is 0 Å². The molecule has 3 N–H and O–H groups in total. The molecular weight excluding hydrogens is 500 g/mol. The predicted octanol–water partition coefficient (Wildman–Crippen LogP) is 4.66. The molecule has 0 aliphatic heterocycles. The minimum absolute atomic E-state index is 0.0172. The third kappa shape index (κ3) is 3.46. The number of ketones is 1. The largest absolute Gasteiger partial charge is 0.395 e. The SMILES string of the molecule is CN(CCO)C[C@]1(O)CC[C@H]2[C@]34C=C[C@@]5(C=C3C(=O)c3ccc(F)c(F)c3)CC(O)CC[C@]5(C)[C@H]4CC[C@@]21C. The van der Waals surface area contributed by atoms with Gasteiger partial charge in [-0.1, -0.05) is 32.1 Å². The lowest BCUT2D eigenvalue weighted by Crippen LogP contribution is -2.67. The van der Waals surface area contributed by atoms with Crippen LogP contribution in [0.15, 0.2) is 42.0 Å². The number of hydrogen-bond acceptors (Lipinski definition) is 5. The lowest BCUT2D eigenvalue weighted by Gasteiger charge is -2.71. The van der Waals surface area contributed by atoms with Crippen LogP contribution in [0.2, 0.25) is 0 Å². The highest BCUT2D eigenvalue weighted by Gasteiger charge is 2.74. The molecule has 8 atom stereocenters. The standard InChI is InChI=1S/C32H41F2NO4/c1-28-9-6-21(37)17-30(28)12-13-32(22(18-30)27(38)20-4-5-23(33)24(34)16-20)25(28)7-10-29(2)26(32)8-11-31(29,39)19-35(3)14-15-36/h4-5,12-13,16,18,21,25-26,36-37,39H,6-11,14-15,17,19H2,1-3H3/t21?,25-,26-,28-,29+,30+,31-,32-/m1/s1. The Hall–Kier alpha value is -1.93. The molecule has 1 aromatic rings. The first-order chi connectivity index (χ1) is 18.4. The number of halogens is 2. The molecule has 0 heterocycles. The molecule has 7 rings (SSSR count). The van der Waals surface area contributed by atoms with Crippen molar-refractivity contribution < 1.29 is 28.9 Å². The zero-order valence-electron chi connectivity index (χ0n) is 23.2. The number of allylic oxidation sites excluding steroid dienone is 4. The number of hydrogen-bond donors (Lipinski definition) is 3. The van der Waals surface area contributed by atoms with Crippen LogP contribution in [0.1, 0.15) is 69.2 Å². The zero-order valence-corrected chi connectivity index (χ0v) is 23.2. The summed E-state index contributed by atoms with van der Waals surface area (Å²) in [7, 11) is 1.91. The Kier molecular flexibility index (Phi) is 6.14. The molecule has 1 aromatic carbocycles. The quantitative estimate of drug-likeness (QED) is 0.361. The Morgan fingerprint density at radius 2 is 1.72 bits per heavy atom. The summed E-state index contributed by atoms with van der Waals surface area (Å²) in [6, 6.07) is 3.38. The van der Waals surface area contributed by atoms with Crippen molar-refractivity contribution in [3.05, 3.63) is 59.2 Å². The molecule has 0 amide bonds. The molecule has 3 fully saturated rings. The maximum atomic E-state index is 14.3. The van der Waals surface area contributed by atoms with Crippen molar-refractivity contribution in [2.45, 2.75) is 70.5 Å². The van der Waals surface area contributed by atoms with Crippen LogP contribution in [0, 0.1) is 45.1 Å². The van der Waals surface area contributed by atoms with Crippen LogP contribution < -0.4 is 0 Å². The summed E-state index contributed by atoms with van der Waals surface area (Å²) in [6.07, 6.45) is 11.2. The Morgan fingerprint density at radius 1 is 1.03 bits per heavy atom. The summed E-state index contributed by atoms with van der Waals surface area (Å²) in [5, 5.41) is 32.5. The Bertz CT molecular complexity index is 1260. The highest BCUT2D eigenvalue weighted by molar-refractivity contribution is 6.10. The Labute approximate surface area is 229 Å². The van der Waals surface area contributed by atoms with Gasteiger partial charge in [0.15, 0.2) is 17.4 Å². The van der Waals surface area contributed by atoms with Crippen LogP contribution in [-0.2, 0) is 0 Å². The minimum Gasteiger partial charge on any atom is -0.395 e. The molecule has 3 saturated carbocycles. The van der Waals surface area contributed by atoms with Crippen LogP contribution in [0.3, 0.4) is 0 Å². The van der Waals surface area contributed by atoms with E-state index in [0.29, 0.717) is 31.5 Å². The average Bonchev–Trinajstić information content (AvgIpc) is 3.15. The molecule has 39 heavy (non-hydrogen) atoms. The molecule has 7 heteroatoms. The highest BCUT2D eigenvalue weighted by Crippen LogP contribution is 2.78. The number of likely N-dealkylation sites (N-methyl/N-ethyl adjacent to an activating group) is 1. The molecular formula is C32H41F2NO4. The van der Waals surface area contributed by atoms with Crippen molar-refractivity contribution in [1.29, 1.82) is 0 Å². The van der Waals surface area contributed by atoms with Gasteiger partial charge in [-0.3, -0.25) is 4.79 Å². The minimum atomic E-state index is -1.04. The topological polar surface area (TPSA) is 81.0 Å². The fourth-order valence-electron chi connectivity index (χ4n) is 10.1. The van der Waals surface area contributed by atoms with Gasteiger partial charge < -0.3 is 20.2 Å². The first-order valence-corrected chi connectivity index (χ1v) is 14.5. The molecule has 5 nitrogen and oxygen atoms in total. The van der Waals surface area contributed by atoms with Gasteiger partial charge in [0.2, 0.25) is 0 Å². The second-order valence-corrected chi connectivity index (χ2v) is 13.7. The van der Waals surface area contributed by atoms with E-state index in [-0.39, 0.29) is 35.2 Å². The summed E-state index contributed by atoms with van der Waals surface area (Å²) in [4.78, 5) is 16.3. The van der Waals surface area contributed by atoms with Gasteiger partial charge in [0.25, 0.3) is 0 Å². The molecule has 2 spiro atoms. The lowest BCUT2D eigenvalue weighted by atomic mass is 9.32. The van der Waals surface area contributed by atoms with Gasteiger partial charge >= 0.3 is 0 Å². The molecule has 0 aromatic heterocycles. The third-order valence-electron chi connectivity index (χ3n) is 12.2. The monoisotopic (exact) mass is 541 g/mol. The van der Waals surface area contributed by atoms with Gasteiger partial charge in [-0.05, 0) is 87.4 Å². The fourth-order valence-corrected chi connectivity index (χ4v) is 10.1. The molecule has 0 radical (unpaired) electrons. The number of carbonyl (C=O) groups excluding carboxylic acids is 1. The predicted molar refractivity (Wildman–Crippen MR) is 144 cm³/mol. The number of aliphatic hydroxyl groups is 3. The van der Waals surface area contributed by atoms with Gasteiger partial charge in [0, 0.05) is 40.5 Å². The van der Waals surface area contributed by atoms with E-state index in [4.69, 9.17) is 0 Å². The van der Waals surface area contributed by atoms with Crippen molar-refractivity contribution in [3.63, 3.8) is 0 Å². The van der Waals surface area contributed by atoms with E-state index in [2.05, 4.69) is 32.1 Å². The maximum Gasteiger partial charge on any atom is 0.189 e. The second-order valence-electron chi connectivity index (χ2n) is 13.7. The fraction of sp³-hybridized carbons (Fsp3) is 0.656. The summed E-state index contributed by atoms with van der Waals surface area (Å²) >= 11 is 0. The Morgan fingerprint density at radius 3 is 2.44 bits per heavy atom. The average molecular weight is 542 g/mol. The van der Waals surface area contributed by atoms with Gasteiger partial charge in [-0.15, -0.1) is 0 Å². The van der Waals surface area contributed by atoms with Crippen LogP contribution in [0.5, 0.6) is 0 Å². The first-order valence-electron chi connectivity index (χ1n) is 14.5. The Balaban J connectivity index is 1.51. The van der Waals surface area contributed by atoms with Crippen LogP contribution in [-0.4, -0.2) is 64.5 Å². The number of carbonyl (C=O) groups is 1. The number of benzene rings is 1. The summed E-state index contributed by atoms with van der Waals surface area (Å²) in [5.41, 5.74) is -2.00. The van der Waals surface area contributed by atoms with Crippen molar-refractivity contribution in [1.82, 2.24) is 4.90 Å². The third-order valence-corrected chi connectivity index (χ3v) is 12.2. The number of fused-ring (bicyclic) bond motifs is 1. The molecule has 2 bridgehead atoms. The molecule has 6 aliphatic carbocycles. The van der Waals surface area contributed by atoms with Crippen molar-refractivity contribution >= 4 is 5.78 Å². The molecule has 212 valence electrons. The van der Waals surface area contributed by atoms with Gasteiger partial charge in [0.1, 0.15) is 0 Å². The maximum absolute atomic E-state index is 14.3. The van der Waals surface area contributed by atoms with Crippen molar-refractivity contribution in [2.75, 3.05) is 26.7 Å². The molecule has 0 saturated heterocycles. The van der Waals surface area contributed by atoms with E-state index in [1.165, 1.54) is 6.07 Å². The number of rotatable bonds is 6. The van der Waals surface area contributed by atoms with Gasteiger partial charge in [-0.25, -0.2) is 8.78 Å². The second kappa shape index (κ2) is 8.78. The van der Waals surface area contributed by atoms with E-state index < -0.39 is 39.6 Å². The summed E-state index contributed by atoms with van der Waals surface area (Å²) in [5.74, 6) is -2.20. The molecule has 6 aliphatic rings. The normalized spacial score (nSPS) is 44.1. The summed E-state index contributed by atoms with van der Waals surface area (Å²) in [6.45, 7) is 5.41. The van der Waals surface area contributed by atoms with E-state index >= 15 is 0 Å². The highest BCUT2D eigenvalue weighted by atomic mass is 19.2. The zero-order chi connectivity index (χ0) is 28.0. The van der Waals surface area contributed by atoms with E-state index in [9.17, 15) is 28.9 Å². The summed E-state index contributed by atoms with van der Waals surface area (Å²) < 4.78 is 28.1. The first kappa shape index (κ1) is 27.3. The van der Waals surface area contributed by atoms with Gasteiger partial charge in [-0.2, -0.15) is 0 Å². The number of nitrogens with zero attached hydrogens (tertiary/aromatic N) is 1. The van der Waals surface area contributed by atoms with E-state index in [1.54, 1.807) is 0 Å². The van der Waals surface area contributed by atoms with Crippen LogP contribution in [0.4, 0.5) is 8.78 Å². The number of aliphatic hydroxyl groups excluding tert-OH is 2. The lowest BCUT2D eigenvalue weighted by molar-refractivity contribution is -0.175. The molecule has 1 unspecified atom stereocenters. The van der Waals surface area contributed by atoms with Crippen molar-refractivity contribution in [3.8, 4) is 0 Å². The number of Topliss-reactive ketones (excluding diaryl/α,β-unsaturated/α-hetero) is 1.